The van der Waals surface area contributed by atoms with Crippen LogP contribution in [0.25, 0.3) is 0 Å². The third-order valence-electron chi connectivity index (χ3n) is 5.18. The minimum absolute atomic E-state index is 0.234. The van der Waals surface area contributed by atoms with Crippen LogP contribution in [0.1, 0.15) is 57.6 Å². The molecule has 1 heterocycles. The lowest BCUT2D eigenvalue weighted by molar-refractivity contribution is 0.0599. The van der Waals surface area contributed by atoms with Crippen molar-refractivity contribution in [1.82, 2.24) is 9.55 Å². The third-order valence-corrected chi connectivity index (χ3v) is 6.04. The van der Waals surface area contributed by atoms with E-state index in [1.54, 1.807) is 30.3 Å². The maximum atomic E-state index is 11.7. The Bertz CT molecular complexity index is 1090. The smallest absolute Gasteiger partial charge is 0.337 e. The van der Waals surface area contributed by atoms with E-state index >= 15 is 0 Å². The number of aryl methyl sites for hydroxylation is 1. The molecule has 3 rings (SSSR count). The largest absolute Gasteiger partial charge is 0.478 e. The Balaban J connectivity index is 1.88. The van der Waals surface area contributed by atoms with Crippen molar-refractivity contribution in [2.24, 2.45) is 0 Å². The molecule has 0 spiro atoms. The van der Waals surface area contributed by atoms with Crippen LogP contribution in [0.2, 0.25) is 0 Å². The van der Waals surface area contributed by atoms with Gasteiger partial charge in [0.25, 0.3) is 0 Å². The summed E-state index contributed by atoms with van der Waals surface area (Å²) in [5.41, 5.74) is 3.35. The molecular weight excluding hydrogens is 521 g/mol. The normalized spacial score (nSPS) is 10.7. The lowest BCUT2D eigenvalue weighted by Gasteiger charge is -2.15. The van der Waals surface area contributed by atoms with Crippen LogP contribution < -0.4 is 5.32 Å². The van der Waals surface area contributed by atoms with Crippen molar-refractivity contribution in [2.45, 2.75) is 39.3 Å². The highest BCUT2D eigenvalue weighted by Crippen LogP contribution is 2.22. The number of carboxylic acids is 1. The number of aromatic carboxylic acids is 1. The molecule has 0 aliphatic heterocycles. The van der Waals surface area contributed by atoms with Gasteiger partial charge in [-0.1, -0.05) is 37.6 Å². The second-order valence-corrected chi connectivity index (χ2v) is 8.37. The van der Waals surface area contributed by atoms with Crippen molar-refractivity contribution in [3.8, 4) is 0 Å². The number of anilines is 1. The molecule has 8 heteroatoms. The number of imidazole rings is 1. The lowest BCUT2D eigenvalue weighted by Crippen LogP contribution is -2.14. The number of nitrogens with one attached hydrogen (secondary N) is 1. The van der Waals surface area contributed by atoms with E-state index in [0.29, 0.717) is 24.3 Å². The quantitative estimate of drug-likeness (QED) is 0.275. The number of halogens is 1. The van der Waals surface area contributed by atoms with Crippen LogP contribution in [0.3, 0.4) is 0 Å². The number of ether oxygens (including phenoxy) is 1. The number of carboxylic acid groups (broad SMARTS) is 1. The fraction of sp³-hybridized carbons (Fsp3) is 0.292. The molecule has 0 radical (unpaired) electrons. The Hall–Kier alpha value is -2.88. The first-order valence-corrected chi connectivity index (χ1v) is 11.5. The molecule has 0 atom stereocenters. The molecule has 0 fully saturated rings. The predicted octanol–water partition coefficient (Wildman–Crippen LogP) is 4.98. The Morgan fingerprint density at radius 1 is 1.16 bits per heavy atom. The van der Waals surface area contributed by atoms with Crippen molar-refractivity contribution in [2.75, 3.05) is 12.4 Å². The van der Waals surface area contributed by atoms with Crippen LogP contribution in [-0.2, 0) is 24.2 Å². The van der Waals surface area contributed by atoms with Gasteiger partial charge in [-0.2, -0.15) is 0 Å². The summed E-state index contributed by atoms with van der Waals surface area (Å²) < 4.78 is 7.85. The van der Waals surface area contributed by atoms with E-state index in [1.165, 1.54) is 7.11 Å². The minimum atomic E-state index is -0.967. The summed E-state index contributed by atoms with van der Waals surface area (Å²) in [5, 5.41) is 12.7. The number of hydrogen-bond acceptors (Lipinski definition) is 5. The number of methoxy groups -OCH3 is 1. The molecule has 1 aromatic heterocycles. The first kappa shape index (κ1) is 23.8. The number of benzene rings is 2. The predicted molar refractivity (Wildman–Crippen MR) is 131 cm³/mol. The highest BCUT2D eigenvalue weighted by molar-refractivity contribution is 14.1. The van der Waals surface area contributed by atoms with Crippen LogP contribution >= 0.6 is 22.6 Å². The number of carbonyl (C=O) groups excluding carboxylic acids is 1. The van der Waals surface area contributed by atoms with Gasteiger partial charge in [-0.3, -0.25) is 0 Å². The highest BCUT2D eigenvalue weighted by atomic mass is 127. The van der Waals surface area contributed by atoms with Crippen LogP contribution in [0.4, 0.5) is 5.69 Å². The number of rotatable bonds is 10. The first-order valence-electron chi connectivity index (χ1n) is 10.4. The van der Waals surface area contributed by atoms with E-state index in [1.807, 2.05) is 18.2 Å². The summed E-state index contributed by atoms with van der Waals surface area (Å²) in [6.45, 7) is 3.20. The summed E-state index contributed by atoms with van der Waals surface area (Å²) in [6, 6.07) is 14.2. The van der Waals surface area contributed by atoms with Crippen molar-refractivity contribution in [1.29, 1.82) is 0 Å². The Kier molecular flexibility index (Phi) is 8.26. The second-order valence-electron chi connectivity index (χ2n) is 7.35. The Morgan fingerprint density at radius 2 is 1.88 bits per heavy atom. The summed E-state index contributed by atoms with van der Waals surface area (Å²) >= 11 is 2.24. The molecule has 0 aliphatic rings. The average molecular weight is 547 g/mol. The van der Waals surface area contributed by atoms with Gasteiger partial charge in [0.15, 0.2) is 0 Å². The summed E-state index contributed by atoms with van der Waals surface area (Å²) in [7, 11) is 1.37. The SMILES string of the molecule is CCCCc1nc(I)c(CNc2ccccc2C(=O)O)n1Cc1ccc(C(=O)OC)cc1. The number of nitrogens with zero attached hydrogens (tertiary/aromatic N) is 2. The van der Waals surface area contributed by atoms with Gasteiger partial charge >= 0.3 is 11.9 Å². The fourth-order valence-corrected chi connectivity index (χ4v) is 4.20. The zero-order chi connectivity index (χ0) is 23.1. The van der Waals surface area contributed by atoms with Gasteiger partial charge in [0, 0.05) is 18.7 Å². The van der Waals surface area contributed by atoms with Gasteiger partial charge in [0.1, 0.15) is 9.53 Å². The topological polar surface area (TPSA) is 93.5 Å². The summed E-state index contributed by atoms with van der Waals surface area (Å²) in [4.78, 5) is 28.0. The van der Waals surface area contributed by atoms with Gasteiger partial charge in [0.2, 0.25) is 0 Å². The molecule has 2 N–H and O–H groups in total. The number of esters is 1. The number of unbranched alkanes of at least 4 members (excludes halogenated alkanes) is 1. The molecule has 0 saturated heterocycles. The summed E-state index contributed by atoms with van der Waals surface area (Å²) in [5.74, 6) is -0.332. The van der Waals surface area contributed by atoms with Crippen LogP contribution in [0.5, 0.6) is 0 Å². The molecule has 168 valence electrons. The van der Waals surface area contributed by atoms with Gasteiger partial charge < -0.3 is 19.7 Å². The number of carbonyl (C=O) groups is 2. The summed E-state index contributed by atoms with van der Waals surface area (Å²) in [6.07, 6.45) is 2.96. The van der Waals surface area contributed by atoms with E-state index in [2.05, 4.69) is 39.4 Å². The van der Waals surface area contributed by atoms with Crippen LogP contribution in [0, 0.1) is 3.70 Å². The molecule has 32 heavy (non-hydrogen) atoms. The number of para-hydroxylation sites is 1. The van der Waals surface area contributed by atoms with E-state index in [-0.39, 0.29) is 11.5 Å². The molecule has 0 amide bonds. The zero-order valence-corrected chi connectivity index (χ0v) is 20.3. The van der Waals surface area contributed by atoms with Crippen LogP contribution in [0.15, 0.2) is 48.5 Å². The van der Waals surface area contributed by atoms with Gasteiger partial charge in [-0.15, -0.1) is 0 Å². The molecule has 7 nitrogen and oxygen atoms in total. The fourth-order valence-electron chi connectivity index (χ4n) is 3.44. The highest BCUT2D eigenvalue weighted by Gasteiger charge is 2.17. The molecular formula is C24H26IN3O4. The standard InChI is InChI=1S/C24H26IN3O4/c1-3-4-9-21-27-22(25)20(14-26-19-8-6-5-7-18(19)23(29)30)28(21)15-16-10-12-17(13-11-16)24(31)32-2/h5-8,10-13,26H,3-4,9,14-15H2,1-2H3,(H,29,30). The van der Waals surface area contributed by atoms with Gasteiger partial charge in [-0.25, -0.2) is 14.6 Å². The molecule has 0 saturated carbocycles. The average Bonchev–Trinajstić information content (AvgIpc) is 3.10. The maximum Gasteiger partial charge on any atom is 0.337 e. The van der Waals surface area contributed by atoms with Crippen LogP contribution in [-0.4, -0.2) is 33.7 Å². The third kappa shape index (κ3) is 5.67. The first-order chi connectivity index (χ1) is 15.4. The number of aromatic nitrogens is 2. The molecule has 0 unspecified atom stereocenters. The minimum Gasteiger partial charge on any atom is -0.478 e. The number of hydrogen-bond donors (Lipinski definition) is 2. The van der Waals surface area contributed by atoms with Gasteiger partial charge in [-0.05, 0) is 58.8 Å². The molecule has 0 bridgehead atoms. The second kappa shape index (κ2) is 11.1. The van der Waals surface area contributed by atoms with E-state index < -0.39 is 5.97 Å². The Labute approximate surface area is 201 Å². The van der Waals surface area contributed by atoms with Crippen molar-refractivity contribution >= 4 is 40.2 Å². The monoisotopic (exact) mass is 547 g/mol. The van der Waals surface area contributed by atoms with Gasteiger partial charge in [0.05, 0.1) is 30.5 Å². The molecule has 0 aliphatic carbocycles. The van der Waals surface area contributed by atoms with Crippen molar-refractivity contribution in [3.63, 3.8) is 0 Å². The molecule has 3 aromatic rings. The van der Waals surface area contributed by atoms with Crippen molar-refractivity contribution in [3.05, 3.63) is 80.4 Å². The molecule has 2 aromatic carbocycles. The Morgan fingerprint density at radius 3 is 2.53 bits per heavy atom. The van der Waals surface area contributed by atoms with E-state index in [4.69, 9.17) is 9.72 Å². The van der Waals surface area contributed by atoms with E-state index in [0.717, 1.165) is 40.0 Å². The van der Waals surface area contributed by atoms with E-state index in [9.17, 15) is 14.7 Å². The zero-order valence-electron chi connectivity index (χ0n) is 18.1. The maximum absolute atomic E-state index is 11.7. The lowest BCUT2D eigenvalue weighted by atomic mass is 10.1. The van der Waals surface area contributed by atoms with Crippen molar-refractivity contribution < 1.29 is 19.4 Å².